The molecule has 0 rings (SSSR count). The molecule has 0 saturated heterocycles. The van der Waals surface area contributed by atoms with Crippen LogP contribution in [0.2, 0.25) is 0 Å². The number of carbonyl (C=O) groups excluding carboxylic acids is 3. The molecule has 2 unspecified atom stereocenters. The monoisotopic (exact) mass is 245 g/mol. The van der Waals surface area contributed by atoms with Crippen LogP contribution >= 0.6 is 0 Å². The number of hydrogen-bond donors (Lipinski definition) is 3. The van der Waals surface area contributed by atoms with Gasteiger partial charge in [-0.1, -0.05) is 0 Å². The van der Waals surface area contributed by atoms with Gasteiger partial charge in [0.15, 0.2) is 0 Å². The van der Waals surface area contributed by atoms with Crippen molar-refractivity contribution >= 4 is 17.5 Å². The SMILES string of the molecule is CNC(=O)C(=O)C(C)NC.CNC(C)C(C)=O. The highest BCUT2D eigenvalue weighted by atomic mass is 16.2. The smallest absolute Gasteiger partial charge is 0.288 e. The normalized spacial score (nSPS) is 12.8. The lowest BCUT2D eigenvalue weighted by Crippen LogP contribution is -2.40. The summed E-state index contributed by atoms with van der Waals surface area (Å²) in [7, 11) is 4.83. The average Bonchev–Trinajstić information content (AvgIpc) is 2.35. The first-order chi connectivity index (χ1) is 7.81. The molecule has 0 heterocycles. The molecular weight excluding hydrogens is 222 g/mol. The lowest BCUT2D eigenvalue weighted by atomic mass is 10.2. The first-order valence-corrected chi connectivity index (χ1v) is 5.42. The second kappa shape index (κ2) is 9.92. The minimum Gasteiger partial charge on any atom is -0.353 e. The predicted molar refractivity (Wildman–Crippen MR) is 66.8 cm³/mol. The van der Waals surface area contributed by atoms with Crippen LogP contribution in [0.3, 0.4) is 0 Å². The van der Waals surface area contributed by atoms with E-state index in [1.165, 1.54) is 7.05 Å². The highest BCUT2D eigenvalue weighted by Crippen LogP contribution is 1.82. The molecule has 0 aromatic heterocycles. The maximum Gasteiger partial charge on any atom is 0.288 e. The van der Waals surface area contributed by atoms with Crippen molar-refractivity contribution in [2.75, 3.05) is 21.1 Å². The highest BCUT2D eigenvalue weighted by Gasteiger charge is 2.17. The van der Waals surface area contributed by atoms with E-state index in [0.29, 0.717) is 0 Å². The molecule has 0 spiro atoms. The molecule has 6 heteroatoms. The third-order valence-corrected chi connectivity index (χ3v) is 2.32. The molecule has 0 radical (unpaired) electrons. The zero-order chi connectivity index (χ0) is 14.0. The molecule has 0 aliphatic heterocycles. The van der Waals surface area contributed by atoms with Gasteiger partial charge in [-0.25, -0.2) is 0 Å². The van der Waals surface area contributed by atoms with Crippen LogP contribution in [0, 0.1) is 0 Å². The summed E-state index contributed by atoms with van der Waals surface area (Å²) in [4.78, 5) is 31.8. The van der Waals surface area contributed by atoms with Gasteiger partial charge < -0.3 is 16.0 Å². The van der Waals surface area contributed by atoms with Gasteiger partial charge in [0.2, 0.25) is 5.78 Å². The summed E-state index contributed by atoms with van der Waals surface area (Å²) in [5.41, 5.74) is 0. The van der Waals surface area contributed by atoms with Crippen molar-refractivity contribution in [3.8, 4) is 0 Å². The zero-order valence-corrected chi connectivity index (χ0v) is 11.4. The van der Waals surface area contributed by atoms with Crippen molar-refractivity contribution in [2.45, 2.75) is 32.9 Å². The number of Topliss-reactive ketones (excluding diaryl/α,β-unsaturated/α-hetero) is 2. The molecule has 100 valence electrons. The van der Waals surface area contributed by atoms with Crippen LogP contribution in [-0.2, 0) is 14.4 Å². The lowest BCUT2D eigenvalue weighted by Gasteiger charge is -2.05. The van der Waals surface area contributed by atoms with E-state index in [-0.39, 0.29) is 11.8 Å². The van der Waals surface area contributed by atoms with Crippen LogP contribution in [0.15, 0.2) is 0 Å². The van der Waals surface area contributed by atoms with Gasteiger partial charge in [-0.2, -0.15) is 0 Å². The highest BCUT2D eigenvalue weighted by molar-refractivity contribution is 6.37. The topological polar surface area (TPSA) is 87.3 Å². The van der Waals surface area contributed by atoms with Gasteiger partial charge in [-0.3, -0.25) is 14.4 Å². The Morgan fingerprint density at radius 2 is 1.29 bits per heavy atom. The maximum atomic E-state index is 10.8. The van der Waals surface area contributed by atoms with Crippen LogP contribution in [0.25, 0.3) is 0 Å². The van der Waals surface area contributed by atoms with E-state index < -0.39 is 17.7 Å². The van der Waals surface area contributed by atoms with E-state index in [2.05, 4.69) is 16.0 Å². The Morgan fingerprint density at radius 1 is 0.882 bits per heavy atom. The average molecular weight is 245 g/mol. The Labute approximate surface area is 103 Å². The maximum absolute atomic E-state index is 10.8. The fourth-order valence-electron chi connectivity index (χ4n) is 0.654. The summed E-state index contributed by atoms with van der Waals surface area (Å²) in [6, 6.07) is -0.389. The summed E-state index contributed by atoms with van der Waals surface area (Å²) < 4.78 is 0. The Kier molecular flexibility index (Phi) is 10.6. The zero-order valence-electron chi connectivity index (χ0n) is 11.4. The number of nitrogens with one attached hydrogen (secondary N) is 3. The molecule has 3 N–H and O–H groups in total. The van der Waals surface area contributed by atoms with Crippen LogP contribution < -0.4 is 16.0 Å². The molecular formula is C11H23N3O3. The van der Waals surface area contributed by atoms with Crippen molar-refractivity contribution in [2.24, 2.45) is 0 Å². The Morgan fingerprint density at radius 3 is 1.47 bits per heavy atom. The summed E-state index contributed by atoms with van der Waals surface area (Å²) in [5, 5.41) is 7.74. The molecule has 1 amide bonds. The minimum absolute atomic E-state index is 0.0139. The number of amides is 1. The van der Waals surface area contributed by atoms with Gasteiger partial charge in [-0.15, -0.1) is 0 Å². The summed E-state index contributed by atoms with van der Waals surface area (Å²) in [6.45, 7) is 5.04. The summed E-state index contributed by atoms with van der Waals surface area (Å²) in [5.74, 6) is -0.811. The first kappa shape index (κ1) is 18.1. The van der Waals surface area contributed by atoms with Gasteiger partial charge in [0, 0.05) is 7.05 Å². The van der Waals surface area contributed by atoms with Crippen molar-refractivity contribution in [1.82, 2.24) is 16.0 Å². The van der Waals surface area contributed by atoms with Gasteiger partial charge in [-0.05, 0) is 34.9 Å². The van der Waals surface area contributed by atoms with Crippen molar-refractivity contribution in [1.29, 1.82) is 0 Å². The number of ketones is 2. The van der Waals surface area contributed by atoms with E-state index in [1.54, 1.807) is 27.9 Å². The molecule has 0 saturated carbocycles. The Hall–Kier alpha value is -1.27. The molecule has 0 aliphatic carbocycles. The number of hydrogen-bond acceptors (Lipinski definition) is 5. The quantitative estimate of drug-likeness (QED) is 0.546. The summed E-state index contributed by atoms with van der Waals surface area (Å²) in [6.07, 6.45) is 0. The van der Waals surface area contributed by atoms with Crippen LogP contribution in [0.4, 0.5) is 0 Å². The Balaban J connectivity index is 0. The number of likely N-dealkylation sites (N-methyl/N-ethyl adjacent to an activating group) is 3. The van der Waals surface area contributed by atoms with Gasteiger partial charge in [0.25, 0.3) is 5.91 Å². The van der Waals surface area contributed by atoms with Crippen LogP contribution in [0.1, 0.15) is 20.8 Å². The molecule has 0 bridgehead atoms. The lowest BCUT2D eigenvalue weighted by molar-refractivity contribution is -0.138. The molecule has 6 nitrogen and oxygen atoms in total. The van der Waals surface area contributed by atoms with Crippen molar-refractivity contribution in [3.05, 3.63) is 0 Å². The Bertz CT molecular complexity index is 267. The summed E-state index contributed by atoms with van der Waals surface area (Å²) >= 11 is 0. The van der Waals surface area contributed by atoms with E-state index in [4.69, 9.17) is 0 Å². The largest absolute Gasteiger partial charge is 0.353 e. The first-order valence-electron chi connectivity index (χ1n) is 5.42. The standard InChI is InChI=1S/C6H12N2O2.C5H11NO/c1-4(7-2)5(9)6(10)8-3;1-4(6-3)5(2)7/h4,7H,1-3H3,(H,8,10);4,6H,1-3H3. The van der Waals surface area contributed by atoms with Crippen LogP contribution in [-0.4, -0.2) is 50.7 Å². The third kappa shape index (κ3) is 8.53. The van der Waals surface area contributed by atoms with E-state index in [0.717, 1.165) is 0 Å². The van der Waals surface area contributed by atoms with Gasteiger partial charge in [0.1, 0.15) is 5.78 Å². The van der Waals surface area contributed by atoms with E-state index >= 15 is 0 Å². The minimum atomic E-state index is -0.554. The third-order valence-electron chi connectivity index (χ3n) is 2.32. The second-order valence-electron chi connectivity index (χ2n) is 3.57. The number of carbonyl (C=O) groups is 3. The van der Waals surface area contributed by atoms with Gasteiger partial charge in [0.05, 0.1) is 12.1 Å². The predicted octanol–water partition coefficient (Wildman–Crippen LogP) is -0.907. The van der Waals surface area contributed by atoms with Crippen molar-refractivity contribution < 1.29 is 14.4 Å². The molecule has 2 atom stereocenters. The van der Waals surface area contributed by atoms with E-state index in [9.17, 15) is 14.4 Å². The van der Waals surface area contributed by atoms with E-state index in [1.807, 2.05) is 6.92 Å². The number of rotatable bonds is 5. The molecule has 0 aromatic carbocycles. The molecule has 0 fully saturated rings. The van der Waals surface area contributed by atoms with Crippen molar-refractivity contribution in [3.63, 3.8) is 0 Å². The molecule has 0 aliphatic rings. The molecule has 17 heavy (non-hydrogen) atoms. The van der Waals surface area contributed by atoms with Crippen LogP contribution in [0.5, 0.6) is 0 Å². The molecule has 0 aromatic rings. The van der Waals surface area contributed by atoms with Gasteiger partial charge >= 0.3 is 0 Å². The second-order valence-corrected chi connectivity index (χ2v) is 3.57. The fourth-order valence-corrected chi connectivity index (χ4v) is 0.654. The fraction of sp³-hybridized carbons (Fsp3) is 0.727.